The molecule has 2 aromatic heterocycles. The molecule has 1 aliphatic heterocycles. The molecule has 3 heterocycles. The van der Waals surface area contributed by atoms with E-state index < -0.39 is 10.0 Å². The van der Waals surface area contributed by atoms with Crippen LogP contribution in [0.4, 0.5) is 11.4 Å². The van der Waals surface area contributed by atoms with Crippen LogP contribution in [0.25, 0.3) is 11.0 Å². The normalized spacial score (nSPS) is 15.9. The molecule has 2 N–H and O–H groups in total. The van der Waals surface area contributed by atoms with Gasteiger partial charge in [-0.25, -0.2) is 13.4 Å². The van der Waals surface area contributed by atoms with Gasteiger partial charge in [-0.05, 0) is 35.9 Å². The van der Waals surface area contributed by atoms with Crippen molar-refractivity contribution >= 4 is 44.0 Å². The molecule has 4 rings (SSSR count). The van der Waals surface area contributed by atoms with E-state index >= 15 is 0 Å². The quantitative estimate of drug-likeness (QED) is 0.664. The highest BCUT2D eigenvalue weighted by Crippen LogP contribution is 2.29. The van der Waals surface area contributed by atoms with E-state index in [-0.39, 0.29) is 0 Å². The molecule has 9 heteroatoms. The third-order valence-electron chi connectivity index (χ3n) is 4.91. The average Bonchev–Trinajstić information content (AvgIpc) is 3.06. The van der Waals surface area contributed by atoms with Crippen LogP contribution in [-0.2, 0) is 16.6 Å². The molecule has 0 amide bonds. The first-order valence-corrected chi connectivity index (χ1v) is 11.3. The number of rotatable bonds is 5. The molecular weight excluding hydrogens is 398 g/mol. The molecule has 1 fully saturated rings. The number of aromatic nitrogens is 2. The van der Waals surface area contributed by atoms with Gasteiger partial charge in [0.2, 0.25) is 10.0 Å². The van der Waals surface area contributed by atoms with E-state index in [0.29, 0.717) is 10.7 Å². The zero-order valence-corrected chi connectivity index (χ0v) is 17.1. The number of nitrogens with one attached hydrogen (secondary N) is 2. The van der Waals surface area contributed by atoms with Crippen LogP contribution >= 0.6 is 11.6 Å². The molecule has 0 bridgehead atoms. The van der Waals surface area contributed by atoms with Crippen LogP contribution < -0.4 is 9.62 Å². The number of halogens is 1. The van der Waals surface area contributed by atoms with Gasteiger partial charge in [-0.2, -0.15) is 0 Å². The summed E-state index contributed by atoms with van der Waals surface area (Å²) in [6.45, 7) is 4.44. The van der Waals surface area contributed by atoms with Crippen molar-refractivity contribution in [2.45, 2.75) is 6.54 Å². The van der Waals surface area contributed by atoms with E-state index in [1.807, 2.05) is 18.3 Å². The van der Waals surface area contributed by atoms with Gasteiger partial charge in [-0.15, -0.1) is 0 Å². The summed E-state index contributed by atoms with van der Waals surface area (Å²) in [7, 11) is -3.37. The predicted octanol–water partition coefficient (Wildman–Crippen LogP) is 2.91. The predicted molar refractivity (Wildman–Crippen MR) is 114 cm³/mol. The lowest BCUT2D eigenvalue weighted by Crippen LogP contribution is -2.45. The Morgan fingerprint density at radius 3 is 2.75 bits per heavy atom. The molecule has 0 spiro atoms. The van der Waals surface area contributed by atoms with Crippen molar-refractivity contribution in [1.29, 1.82) is 0 Å². The minimum absolute atomic E-state index is 0.390. The molecule has 28 heavy (non-hydrogen) atoms. The minimum Gasteiger partial charge on any atom is -0.369 e. The van der Waals surface area contributed by atoms with E-state index in [0.717, 1.165) is 50.3 Å². The Kier molecular flexibility index (Phi) is 5.18. The second kappa shape index (κ2) is 7.62. The van der Waals surface area contributed by atoms with Crippen molar-refractivity contribution in [3.05, 3.63) is 53.3 Å². The molecule has 0 saturated carbocycles. The third kappa shape index (κ3) is 4.24. The van der Waals surface area contributed by atoms with Crippen molar-refractivity contribution < 1.29 is 8.42 Å². The Morgan fingerprint density at radius 1 is 1.21 bits per heavy atom. The van der Waals surface area contributed by atoms with Gasteiger partial charge in [0.05, 0.1) is 17.0 Å². The van der Waals surface area contributed by atoms with Crippen LogP contribution in [-0.4, -0.2) is 55.7 Å². The number of anilines is 2. The lowest BCUT2D eigenvalue weighted by atomic mass is 10.2. The third-order valence-corrected chi connectivity index (χ3v) is 5.83. The van der Waals surface area contributed by atoms with Crippen LogP contribution in [0, 0.1) is 0 Å². The largest absolute Gasteiger partial charge is 0.369 e. The Labute approximate surface area is 169 Å². The van der Waals surface area contributed by atoms with Crippen molar-refractivity contribution in [2.24, 2.45) is 0 Å². The standard InChI is InChI=1S/C19H22ClN5O2S/c1-28(26,27)23-18-11-15(4-5-17(18)20)25-9-7-24(8-10-25)13-14-12-22-19-16(14)3-2-6-21-19/h2-6,11-12,23H,7-10,13H2,1H3,(H,21,22). The number of aromatic amines is 1. The topological polar surface area (TPSA) is 81.3 Å². The maximum Gasteiger partial charge on any atom is 0.229 e. The van der Waals surface area contributed by atoms with Crippen LogP contribution in [0.15, 0.2) is 42.7 Å². The molecule has 0 atom stereocenters. The molecule has 0 unspecified atom stereocenters. The number of nitrogens with zero attached hydrogens (tertiary/aromatic N) is 3. The fourth-order valence-corrected chi connectivity index (χ4v) is 4.33. The molecule has 1 aromatic carbocycles. The highest BCUT2D eigenvalue weighted by atomic mass is 35.5. The summed E-state index contributed by atoms with van der Waals surface area (Å²) in [6.07, 6.45) is 4.95. The number of piperazine rings is 1. The van der Waals surface area contributed by atoms with Gasteiger partial charge < -0.3 is 9.88 Å². The number of pyridine rings is 1. The SMILES string of the molecule is CS(=O)(=O)Nc1cc(N2CCN(Cc3c[nH]c4ncccc34)CC2)ccc1Cl. The fourth-order valence-electron chi connectivity index (χ4n) is 3.54. The molecule has 0 radical (unpaired) electrons. The van der Waals surface area contributed by atoms with E-state index in [2.05, 4.69) is 30.6 Å². The van der Waals surface area contributed by atoms with Crippen LogP contribution in [0.2, 0.25) is 5.02 Å². The summed E-state index contributed by atoms with van der Waals surface area (Å²) in [5.41, 5.74) is 3.55. The summed E-state index contributed by atoms with van der Waals surface area (Å²) < 4.78 is 25.5. The number of H-pyrrole nitrogens is 1. The highest BCUT2D eigenvalue weighted by Gasteiger charge is 2.19. The Balaban J connectivity index is 1.42. The van der Waals surface area contributed by atoms with Gasteiger partial charge in [0.1, 0.15) is 5.65 Å². The Hall–Kier alpha value is -2.29. The van der Waals surface area contributed by atoms with E-state index in [1.165, 1.54) is 10.9 Å². The lowest BCUT2D eigenvalue weighted by Gasteiger charge is -2.36. The van der Waals surface area contributed by atoms with Gasteiger partial charge in [0.25, 0.3) is 0 Å². The smallest absolute Gasteiger partial charge is 0.229 e. The van der Waals surface area contributed by atoms with Crippen molar-refractivity contribution in [1.82, 2.24) is 14.9 Å². The second-order valence-electron chi connectivity index (χ2n) is 7.02. The Morgan fingerprint density at radius 2 is 2.00 bits per heavy atom. The van der Waals surface area contributed by atoms with Crippen molar-refractivity contribution in [2.75, 3.05) is 42.1 Å². The molecular formula is C19H22ClN5O2S. The summed E-state index contributed by atoms with van der Waals surface area (Å²) in [5.74, 6) is 0. The first-order valence-electron chi connectivity index (χ1n) is 9.05. The molecule has 0 aliphatic carbocycles. The van der Waals surface area contributed by atoms with E-state index in [1.54, 1.807) is 18.3 Å². The van der Waals surface area contributed by atoms with Crippen molar-refractivity contribution in [3.63, 3.8) is 0 Å². The first-order chi connectivity index (χ1) is 13.4. The molecule has 3 aromatic rings. The second-order valence-corrected chi connectivity index (χ2v) is 9.17. The zero-order valence-electron chi connectivity index (χ0n) is 15.5. The van der Waals surface area contributed by atoms with Gasteiger partial charge in [0.15, 0.2) is 0 Å². The fraction of sp³-hybridized carbons (Fsp3) is 0.316. The molecule has 1 saturated heterocycles. The van der Waals surface area contributed by atoms with Crippen LogP contribution in [0.1, 0.15) is 5.56 Å². The zero-order chi connectivity index (χ0) is 19.7. The molecule has 7 nitrogen and oxygen atoms in total. The summed E-state index contributed by atoms with van der Waals surface area (Å²) in [6, 6.07) is 9.51. The van der Waals surface area contributed by atoms with Crippen molar-refractivity contribution in [3.8, 4) is 0 Å². The van der Waals surface area contributed by atoms with Crippen LogP contribution in [0.3, 0.4) is 0 Å². The number of benzene rings is 1. The summed E-state index contributed by atoms with van der Waals surface area (Å²) >= 11 is 6.13. The van der Waals surface area contributed by atoms with E-state index in [9.17, 15) is 8.42 Å². The van der Waals surface area contributed by atoms with Gasteiger partial charge in [-0.3, -0.25) is 9.62 Å². The monoisotopic (exact) mass is 419 g/mol. The number of hydrogen-bond acceptors (Lipinski definition) is 5. The number of sulfonamides is 1. The van der Waals surface area contributed by atoms with Gasteiger partial charge in [-0.1, -0.05) is 11.6 Å². The van der Waals surface area contributed by atoms with Gasteiger partial charge in [0, 0.05) is 56.2 Å². The lowest BCUT2D eigenvalue weighted by molar-refractivity contribution is 0.250. The summed E-state index contributed by atoms with van der Waals surface area (Å²) in [5, 5.41) is 1.56. The maximum atomic E-state index is 11.5. The maximum absolute atomic E-state index is 11.5. The first kappa shape index (κ1) is 19.0. The van der Waals surface area contributed by atoms with E-state index in [4.69, 9.17) is 11.6 Å². The Bertz CT molecular complexity index is 1090. The minimum atomic E-state index is -3.37. The van der Waals surface area contributed by atoms with Crippen LogP contribution in [0.5, 0.6) is 0 Å². The van der Waals surface area contributed by atoms with Gasteiger partial charge >= 0.3 is 0 Å². The number of hydrogen-bond donors (Lipinski definition) is 2. The average molecular weight is 420 g/mol. The highest BCUT2D eigenvalue weighted by molar-refractivity contribution is 7.92. The number of fused-ring (bicyclic) bond motifs is 1. The summed E-state index contributed by atoms with van der Waals surface area (Å²) in [4.78, 5) is 12.2. The molecule has 148 valence electrons. The molecule has 1 aliphatic rings.